The summed E-state index contributed by atoms with van der Waals surface area (Å²) in [6, 6.07) is 6.44. The molecule has 0 bridgehead atoms. The molecular formula is C18H24N2O2. The second-order valence-electron chi connectivity index (χ2n) is 6.52. The topological polar surface area (TPSA) is 54.3 Å². The van der Waals surface area contributed by atoms with Crippen molar-refractivity contribution in [1.82, 2.24) is 9.88 Å². The molecule has 0 radical (unpaired) electrons. The van der Waals surface area contributed by atoms with Crippen LogP contribution in [0.4, 0.5) is 0 Å². The molecular weight excluding hydrogens is 276 g/mol. The predicted octanol–water partition coefficient (Wildman–Crippen LogP) is 3.95. The molecule has 4 heteroatoms. The van der Waals surface area contributed by atoms with E-state index in [1.165, 1.54) is 25.7 Å². The van der Waals surface area contributed by atoms with E-state index >= 15 is 0 Å². The van der Waals surface area contributed by atoms with Crippen molar-refractivity contribution in [3.63, 3.8) is 0 Å². The van der Waals surface area contributed by atoms with Crippen LogP contribution in [0.15, 0.2) is 24.4 Å². The molecule has 118 valence electrons. The summed E-state index contributed by atoms with van der Waals surface area (Å²) in [5.74, 6) is -0.853. The highest BCUT2D eigenvalue weighted by Crippen LogP contribution is 2.28. The number of hydrogen-bond acceptors (Lipinski definition) is 2. The Morgan fingerprint density at radius 2 is 2.09 bits per heavy atom. The minimum absolute atomic E-state index is 0.312. The smallest absolute Gasteiger partial charge is 0.336 e. The van der Waals surface area contributed by atoms with Crippen LogP contribution in [0, 0.1) is 0 Å². The van der Waals surface area contributed by atoms with Crippen LogP contribution >= 0.6 is 0 Å². The van der Waals surface area contributed by atoms with E-state index in [-0.39, 0.29) is 0 Å². The first-order valence-electron chi connectivity index (χ1n) is 8.17. The Morgan fingerprint density at radius 1 is 1.36 bits per heavy atom. The van der Waals surface area contributed by atoms with Gasteiger partial charge in [-0.25, -0.2) is 4.79 Å². The maximum Gasteiger partial charge on any atom is 0.336 e. The lowest BCUT2D eigenvalue weighted by Gasteiger charge is -2.11. The van der Waals surface area contributed by atoms with Crippen LogP contribution in [0.3, 0.4) is 0 Å². The van der Waals surface area contributed by atoms with Crippen LogP contribution < -0.4 is 5.32 Å². The molecule has 1 saturated carbocycles. The SMILES string of the molecule is CC(C)n1cc(CNC2CCCC2)c2c(C(=O)O)cccc21. The van der Waals surface area contributed by atoms with Crippen molar-refractivity contribution in [2.75, 3.05) is 0 Å². The highest BCUT2D eigenvalue weighted by Gasteiger charge is 2.19. The number of nitrogens with one attached hydrogen (secondary N) is 1. The number of rotatable bonds is 5. The van der Waals surface area contributed by atoms with E-state index in [2.05, 4.69) is 29.9 Å². The third-order valence-electron chi connectivity index (χ3n) is 4.66. The molecule has 1 fully saturated rings. The van der Waals surface area contributed by atoms with E-state index in [1.807, 2.05) is 12.1 Å². The maximum atomic E-state index is 11.6. The fourth-order valence-corrected chi connectivity index (χ4v) is 3.52. The van der Waals surface area contributed by atoms with E-state index in [4.69, 9.17) is 0 Å². The van der Waals surface area contributed by atoms with Gasteiger partial charge in [0.2, 0.25) is 0 Å². The first-order chi connectivity index (χ1) is 10.6. The maximum absolute atomic E-state index is 11.6. The molecule has 1 heterocycles. The van der Waals surface area contributed by atoms with Gasteiger partial charge < -0.3 is 15.0 Å². The van der Waals surface area contributed by atoms with Gasteiger partial charge >= 0.3 is 5.97 Å². The summed E-state index contributed by atoms with van der Waals surface area (Å²) in [6.45, 7) is 4.99. The number of carbonyl (C=O) groups is 1. The Bertz CT molecular complexity index is 682. The van der Waals surface area contributed by atoms with Gasteiger partial charge in [0, 0.05) is 35.7 Å². The third-order valence-corrected chi connectivity index (χ3v) is 4.66. The Labute approximate surface area is 131 Å². The quantitative estimate of drug-likeness (QED) is 0.879. The number of fused-ring (bicyclic) bond motifs is 1. The van der Waals surface area contributed by atoms with Crippen molar-refractivity contribution in [1.29, 1.82) is 0 Å². The number of carboxylic acids is 1. The second-order valence-corrected chi connectivity index (χ2v) is 6.52. The molecule has 2 N–H and O–H groups in total. The minimum Gasteiger partial charge on any atom is -0.478 e. The number of carboxylic acid groups (broad SMARTS) is 1. The van der Waals surface area contributed by atoms with Crippen molar-refractivity contribution < 1.29 is 9.90 Å². The van der Waals surface area contributed by atoms with Crippen molar-refractivity contribution in [3.05, 3.63) is 35.5 Å². The van der Waals surface area contributed by atoms with Crippen LogP contribution in [-0.2, 0) is 6.54 Å². The number of aromatic nitrogens is 1. The van der Waals surface area contributed by atoms with Gasteiger partial charge in [-0.2, -0.15) is 0 Å². The molecule has 22 heavy (non-hydrogen) atoms. The first kappa shape index (κ1) is 15.1. The summed E-state index contributed by atoms with van der Waals surface area (Å²) >= 11 is 0. The molecule has 0 saturated heterocycles. The Morgan fingerprint density at radius 3 is 2.73 bits per heavy atom. The molecule has 1 aromatic carbocycles. The molecule has 1 aliphatic carbocycles. The monoisotopic (exact) mass is 300 g/mol. The minimum atomic E-state index is -0.853. The van der Waals surface area contributed by atoms with E-state index in [0.29, 0.717) is 17.6 Å². The van der Waals surface area contributed by atoms with Crippen molar-refractivity contribution in [2.45, 2.75) is 58.2 Å². The molecule has 0 atom stereocenters. The average Bonchev–Trinajstić information content (AvgIpc) is 3.12. The fraction of sp³-hybridized carbons (Fsp3) is 0.500. The second kappa shape index (κ2) is 6.13. The van der Waals surface area contributed by atoms with Crippen molar-refractivity contribution >= 4 is 16.9 Å². The number of nitrogens with zero attached hydrogens (tertiary/aromatic N) is 1. The van der Waals surface area contributed by atoms with Gasteiger partial charge in [0.1, 0.15) is 0 Å². The Kier molecular flexibility index (Phi) is 4.21. The van der Waals surface area contributed by atoms with Gasteiger partial charge in [-0.15, -0.1) is 0 Å². The molecule has 3 rings (SSSR count). The summed E-state index contributed by atoms with van der Waals surface area (Å²) in [5.41, 5.74) is 2.51. The lowest BCUT2D eigenvalue weighted by Crippen LogP contribution is -2.25. The van der Waals surface area contributed by atoms with Gasteiger partial charge in [-0.05, 0) is 44.4 Å². The van der Waals surface area contributed by atoms with E-state index in [1.54, 1.807) is 6.07 Å². The normalized spacial score (nSPS) is 16.0. The summed E-state index contributed by atoms with van der Waals surface area (Å²) in [4.78, 5) is 11.6. The first-order valence-corrected chi connectivity index (χ1v) is 8.17. The standard InChI is InChI=1S/C18H24N2O2/c1-12(2)20-11-13(10-19-14-6-3-4-7-14)17-15(18(21)22)8-5-9-16(17)20/h5,8-9,11-12,14,19H,3-4,6-7,10H2,1-2H3,(H,21,22). The van der Waals surface area contributed by atoms with Crippen molar-refractivity contribution in [2.24, 2.45) is 0 Å². The molecule has 1 aromatic heterocycles. The molecule has 0 aliphatic heterocycles. The summed E-state index contributed by atoms with van der Waals surface area (Å²) < 4.78 is 2.17. The van der Waals surface area contributed by atoms with E-state index in [9.17, 15) is 9.90 Å². The molecule has 2 aromatic rings. The number of benzene rings is 1. The summed E-state index contributed by atoms with van der Waals surface area (Å²) in [7, 11) is 0. The van der Waals surface area contributed by atoms with Gasteiger partial charge in [0.05, 0.1) is 5.56 Å². The van der Waals surface area contributed by atoms with Crippen LogP contribution in [-0.4, -0.2) is 21.7 Å². The lowest BCUT2D eigenvalue weighted by atomic mass is 10.1. The molecule has 4 nitrogen and oxygen atoms in total. The number of aromatic carboxylic acids is 1. The fourth-order valence-electron chi connectivity index (χ4n) is 3.52. The molecule has 0 amide bonds. The van der Waals surface area contributed by atoms with Crippen LogP contribution in [0.25, 0.3) is 10.9 Å². The van der Waals surface area contributed by atoms with E-state index < -0.39 is 5.97 Å². The van der Waals surface area contributed by atoms with Gasteiger partial charge in [0.15, 0.2) is 0 Å². The predicted molar refractivity (Wildman–Crippen MR) is 88.4 cm³/mol. The Balaban J connectivity index is 2.01. The molecule has 1 aliphatic rings. The third kappa shape index (κ3) is 2.75. The van der Waals surface area contributed by atoms with Crippen molar-refractivity contribution in [3.8, 4) is 0 Å². The highest BCUT2D eigenvalue weighted by atomic mass is 16.4. The molecule has 0 spiro atoms. The van der Waals surface area contributed by atoms with Crippen LogP contribution in [0.2, 0.25) is 0 Å². The van der Waals surface area contributed by atoms with Crippen LogP contribution in [0.1, 0.15) is 61.5 Å². The average molecular weight is 300 g/mol. The largest absolute Gasteiger partial charge is 0.478 e. The summed E-state index contributed by atoms with van der Waals surface area (Å²) in [6.07, 6.45) is 7.17. The van der Waals surface area contributed by atoms with Crippen LogP contribution in [0.5, 0.6) is 0 Å². The van der Waals surface area contributed by atoms with Gasteiger partial charge in [-0.1, -0.05) is 18.9 Å². The summed E-state index contributed by atoms with van der Waals surface area (Å²) in [5, 5.41) is 14.0. The Hall–Kier alpha value is -1.81. The van der Waals surface area contributed by atoms with E-state index in [0.717, 1.165) is 23.0 Å². The van der Waals surface area contributed by atoms with Gasteiger partial charge in [-0.3, -0.25) is 0 Å². The zero-order chi connectivity index (χ0) is 15.7. The zero-order valence-electron chi connectivity index (χ0n) is 13.3. The molecule has 0 unspecified atom stereocenters. The zero-order valence-corrected chi connectivity index (χ0v) is 13.3. The van der Waals surface area contributed by atoms with Gasteiger partial charge in [0.25, 0.3) is 0 Å². The number of hydrogen-bond donors (Lipinski definition) is 2. The lowest BCUT2D eigenvalue weighted by molar-refractivity contribution is 0.0699. The highest BCUT2D eigenvalue weighted by molar-refractivity contribution is 6.04.